The number of hydrogen-bond acceptors (Lipinski definition) is 7. The van der Waals surface area contributed by atoms with Crippen LogP contribution >= 0.6 is 0 Å². The molecule has 0 saturated heterocycles. The van der Waals surface area contributed by atoms with Crippen LogP contribution in [0.2, 0.25) is 0 Å². The maximum Gasteiger partial charge on any atom is 0.247 e. The van der Waals surface area contributed by atoms with Crippen molar-refractivity contribution in [3.8, 4) is 11.5 Å². The Kier molecular flexibility index (Phi) is 9.44. The number of aliphatic hydroxyl groups is 2. The van der Waals surface area contributed by atoms with Gasteiger partial charge in [-0.05, 0) is 37.5 Å². The van der Waals surface area contributed by atoms with Crippen LogP contribution in [0.3, 0.4) is 0 Å². The highest BCUT2D eigenvalue weighted by Gasteiger charge is 2.52. The van der Waals surface area contributed by atoms with Gasteiger partial charge in [0.2, 0.25) is 11.8 Å². The molecule has 0 aromatic heterocycles. The van der Waals surface area contributed by atoms with E-state index in [2.05, 4.69) is 5.32 Å². The van der Waals surface area contributed by atoms with E-state index < -0.39 is 30.1 Å². The lowest BCUT2D eigenvalue weighted by Crippen LogP contribution is -2.58. The molecule has 4 rings (SSSR count). The summed E-state index contributed by atoms with van der Waals surface area (Å²) in [5.41, 5.74) is 1.30. The van der Waals surface area contributed by atoms with Crippen LogP contribution in [0.4, 0.5) is 0 Å². The van der Waals surface area contributed by atoms with Gasteiger partial charge in [0, 0.05) is 35.7 Å². The molecule has 9 heteroatoms. The normalized spacial score (nSPS) is 24.8. The first-order valence-electron chi connectivity index (χ1n) is 13.9. The number of nitrogens with one attached hydrogen (secondary N) is 1. The molecule has 4 atom stereocenters. The van der Waals surface area contributed by atoms with Gasteiger partial charge in [-0.3, -0.25) is 14.4 Å². The minimum absolute atomic E-state index is 0.0241. The second-order valence-electron chi connectivity index (χ2n) is 10.5. The highest BCUT2D eigenvalue weighted by atomic mass is 16.5. The Bertz CT molecular complexity index is 1050. The van der Waals surface area contributed by atoms with Crippen LogP contribution in [0, 0.1) is 0 Å². The van der Waals surface area contributed by atoms with E-state index in [1.807, 2.05) is 11.8 Å². The summed E-state index contributed by atoms with van der Waals surface area (Å²) in [5.74, 6) is -0.362. The maximum absolute atomic E-state index is 13.7. The van der Waals surface area contributed by atoms with E-state index in [-0.39, 0.29) is 25.1 Å². The highest BCUT2D eigenvalue weighted by molar-refractivity contribution is 5.96. The molecule has 1 aromatic rings. The van der Waals surface area contributed by atoms with Gasteiger partial charge in [-0.15, -0.1) is 0 Å². The molecular formula is C29H40N2O7. The number of ether oxygens (including phenoxy) is 2. The van der Waals surface area contributed by atoms with Crippen LogP contribution in [0.25, 0.3) is 0 Å². The summed E-state index contributed by atoms with van der Waals surface area (Å²) in [5, 5.41) is 23.8. The number of amides is 2. The zero-order valence-electron chi connectivity index (χ0n) is 22.4. The molecule has 9 nitrogen and oxygen atoms in total. The number of fused-ring (bicyclic) bond motifs is 3. The fraction of sp³-hybridized carbons (Fsp3) is 0.621. The van der Waals surface area contributed by atoms with Gasteiger partial charge >= 0.3 is 0 Å². The van der Waals surface area contributed by atoms with Gasteiger partial charge in [-0.2, -0.15) is 0 Å². The fourth-order valence-electron chi connectivity index (χ4n) is 6.14. The SMILES string of the molecule is CCCCC(=O)N(C1CCCCCC1)C1C=C(C(=O)NCCO)C2c3cc(C=O)cc(OC)c3OC2C1O. The van der Waals surface area contributed by atoms with Crippen molar-refractivity contribution in [3.05, 3.63) is 34.9 Å². The van der Waals surface area contributed by atoms with E-state index in [4.69, 9.17) is 9.47 Å². The van der Waals surface area contributed by atoms with Crippen LogP contribution in [-0.2, 0) is 9.59 Å². The predicted octanol–water partition coefficient (Wildman–Crippen LogP) is 2.87. The third-order valence-electron chi connectivity index (χ3n) is 7.98. The summed E-state index contributed by atoms with van der Waals surface area (Å²) >= 11 is 0. The number of unbranched alkanes of at least 4 members (excludes halogenated alkanes) is 1. The first kappa shape index (κ1) is 28.1. The summed E-state index contributed by atoms with van der Waals surface area (Å²) < 4.78 is 11.8. The second kappa shape index (κ2) is 12.8. The zero-order chi connectivity index (χ0) is 27.2. The van der Waals surface area contributed by atoms with Gasteiger partial charge in [-0.1, -0.05) is 39.0 Å². The molecule has 2 aliphatic carbocycles. The molecule has 4 unspecified atom stereocenters. The maximum atomic E-state index is 13.7. The number of benzene rings is 1. The van der Waals surface area contributed by atoms with Gasteiger partial charge in [0.1, 0.15) is 18.5 Å². The van der Waals surface area contributed by atoms with Crippen molar-refractivity contribution in [2.75, 3.05) is 20.3 Å². The Balaban J connectivity index is 1.81. The van der Waals surface area contributed by atoms with E-state index in [0.717, 1.165) is 51.4 Å². The minimum Gasteiger partial charge on any atom is -0.493 e. The number of rotatable bonds is 10. The second-order valence-corrected chi connectivity index (χ2v) is 10.5. The molecule has 38 heavy (non-hydrogen) atoms. The van der Waals surface area contributed by atoms with Crippen LogP contribution in [0.15, 0.2) is 23.8 Å². The number of nitrogens with zero attached hydrogens (tertiary/aromatic N) is 1. The van der Waals surface area contributed by atoms with Crippen molar-refractivity contribution < 1.29 is 34.1 Å². The van der Waals surface area contributed by atoms with E-state index >= 15 is 0 Å². The first-order chi connectivity index (χ1) is 18.4. The van der Waals surface area contributed by atoms with E-state index in [1.165, 1.54) is 7.11 Å². The minimum atomic E-state index is -1.10. The molecular weight excluding hydrogens is 488 g/mol. The third-order valence-corrected chi connectivity index (χ3v) is 7.98. The summed E-state index contributed by atoms with van der Waals surface area (Å²) in [4.78, 5) is 40.6. The average molecular weight is 529 g/mol. The molecule has 1 saturated carbocycles. The van der Waals surface area contributed by atoms with Crippen molar-refractivity contribution in [3.63, 3.8) is 0 Å². The molecule has 1 aliphatic heterocycles. The molecule has 1 aromatic carbocycles. The van der Waals surface area contributed by atoms with Gasteiger partial charge < -0.3 is 29.9 Å². The molecule has 1 fully saturated rings. The predicted molar refractivity (Wildman–Crippen MR) is 141 cm³/mol. The lowest BCUT2D eigenvalue weighted by molar-refractivity contribution is -0.141. The van der Waals surface area contributed by atoms with Crippen LogP contribution in [0.5, 0.6) is 11.5 Å². The molecule has 0 radical (unpaired) electrons. The van der Waals surface area contributed by atoms with E-state index in [9.17, 15) is 24.6 Å². The largest absolute Gasteiger partial charge is 0.493 e. The Morgan fingerprint density at radius 1 is 1.21 bits per heavy atom. The van der Waals surface area contributed by atoms with Gasteiger partial charge in [-0.25, -0.2) is 0 Å². The fourth-order valence-corrected chi connectivity index (χ4v) is 6.14. The molecule has 0 spiro atoms. The molecule has 208 valence electrons. The summed E-state index contributed by atoms with van der Waals surface area (Å²) in [6.45, 7) is 1.88. The average Bonchev–Trinajstić information content (AvgIpc) is 3.11. The Morgan fingerprint density at radius 2 is 1.95 bits per heavy atom. The summed E-state index contributed by atoms with van der Waals surface area (Å²) in [6.07, 6.45) is 8.44. The Labute approximate surface area is 224 Å². The summed E-state index contributed by atoms with van der Waals surface area (Å²) in [6, 6.07) is 2.44. The third kappa shape index (κ3) is 5.59. The van der Waals surface area contributed by atoms with E-state index in [0.29, 0.717) is 40.9 Å². The standard InChI is InChI=1S/C29H40N2O7/c1-3-4-11-24(34)31(19-9-7-5-6-8-10-19)22-16-21(29(36)30-12-13-32)25-20-14-18(17-33)15-23(37-2)27(20)38-28(25)26(22)35/h14-17,19,22,25-26,28,32,35H,3-13H2,1-2H3,(H,30,36). The van der Waals surface area contributed by atoms with Crippen molar-refractivity contribution >= 4 is 18.1 Å². The topological polar surface area (TPSA) is 125 Å². The first-order valence-corrected chi connectivity index (χ1v) is 13.9. The quantitative estimate of drug-likeness (QED) is 0.315. The van der Waals surface area contributed by atoms with Gasteiger partial charge in [0.05, 0.1) is 25.7 Å². The molecule has 3 aliphatic rings. The van der Waals surface area contributed by atoms with Crippen molar-refractivity contribution in [2.45, 2.75) is 94.9 Å². The number of aliphatic hydroxyl groups excluding tert-OH is 2. The summed E-state index contributed by atoms with van der Waals surface area (Å²) in [7, 11) is 1.47. The number of methoxy groups -OCH3 is 1. The van der Waals surface area contributed by atoms with Crippen molar-refractivity contribution in [1.82, 2.24) is 10.2 Å². The van der Waals surface area contributed by atoms with Crippen molar-refractivity contribution in [2.24, 2.45) is 0 Å². The monoisotopic (exact) mass is 528 g/mol. The van der Waals surface area contributed by atoms with Gasteiger partial charge in [0.25, 0.3) is 0 Å². The Hall–Kier alpha value is -2.91. The Morgan fingerprint density at radius 3 is 2.58 bits per heavy atom. The molecule has 3 N–H and O–H groups in total. The van der Waals surface area contributed by atoms with Crippen LogP contribution in [-0.4, -0.2) is 77.8 Å². The van der Waals surface area contributed by atoms with Crippen molar-refractivity contribution in [1.29, 1.82) is 0 Å². The molecule has 2 amide bonds. The number of aldehydes is 1. The number of hydrogen-bond donors (Lipinski definition) is 3. The van der Waals surface area contributed by atoms with Gasteiger partial charge in [0.15, 0.2) is 11.5 Å². The van der Waals surface area contributed by atoms with E-state index in [1.54, 1.807) is 18.2 Å². The lowest BCUT2D eigenvalue weighted by Gasteiger charge is -2.44. The highest BCUT2D eigenvalue weighted by Crippen LogP contribution is 2.51. The lowest BCUT2D eigenvalue weighted by atomic mass is 9.76. The smallest absolute Gasteiger partial charge is 0.247 e. The number of carbonyl (C=O) groups is 3. The number of carbonyl (C=O) groups excluding carboxylic acids is 3. The molecule has 0 bridgehead atoms. The molecule has 1 heterocycles. The van der Waals surface area contributed by atoms with Crippen LogP contribution in [0.1, 0.15) is 86.6 Å². The zero-order valence-corrected chi connectivity index (χ0v) is 22.4. The van der Waals surface area contributed by atoms with Crippen LogP contribution < -0.4 is 14.8 Å².